The standard InChI is InChI=1S/C13H16BrNO4/c1-3-13(4-2,12(17)18)15-11(16)8-6-9-5-7-10(14)19-9/h5-8H,3-4H2,1-2H3,(H,15,16)(H,17,18). The van der Waals surface area contributed by atoms with E-state index >= 15 is 0 Å². The normalized spacial score (nSPS) is 11.7. The molecule has 0 aromatic carbocycles. The van der Waals surface area contributed by atoms with E-state index in [1.807, 2.05) is 0 Å². The maximum atomic E-state index is 11.7. The number of halogens is 1. The van der Waals surface area contributed by atoms with Crippen molar-refractivity contribution in [1.29, 1.82) is 0 Å². The molecule has 0 saturated carbocycles. The topological polar surface area (TPSA) is 79.5 Å². The third-order valence-electron chi connectivity index (χ3n) is 2.97. The van der Waals surface area contributed by atoms with E-state index in [0.29, 0.717) is 23.3 Å². The number of aliphatic carboxylic acids is 1. The number of carbonyl (C=O) groups is 2. The molecule has 1 aromatic heterocycles. The third-order valence-corrected chi connectivity index (χ3v) is 3.40. The summed E-state index contributed by atoms with van der Waals surface area (Å²) in [5.74, 6) is -0.977. The number of nitrogens with one attached hydrogen (secondary N) is 1. The van der Waals surface area contributed by atoms with Crippen molar-refractivity contribution >= 4 is 33.9 Å². The van der Waals surface area contributed by atoms with Crippen LogP contribution in [0.3, 0.4) is 0 Å². The zero-order valence-corrected chi connectivity index (χ0v) is 12.4. The molecule has 0 aliphatic heterocycles. The van der Waals surface area contributed by atoms with Gasteiger partial charge in [-0.05, 0) is 47.0 Å². The van der Waals surface area contributed by atoms with Crippen LogP contribution in [0.4, 0.5) is 0 Å². The molecular weight excluding hydrogens is 314 g/mol. The first kappa shape index (κ1) is 15.5. The molecule has 1 heterocycles. The molecule has 2 N–H and O–H groups in total. The van der Waals surface area contributed by atoms with Crippen molar-refractivity contribution in [3.63, 3.8) is 0 Å². The summed E-state index contributed by atoms with van der Waals surface area (Å²) in [7, 11) is 0. The van der Waals surface area contributed by atoms with Gasteiger partial charge in [0, 0.05) is 6.08 Å². The molecule has 0 saturated heterocycles. The fraction of sp³-hybridized carbons (Fsp3) is 0.385. The van der Waals surface area contributed by atoms with Gasteiger partial charge in [0.2, 0.25) is 5.91 Å². The number of carboxylic acids is 1. The minimum absolute atomic E-state index is 0.324. The summed E-state index contributed by atoms with van der Waals surface area (Å²) in [6.45, 7) is 3.45. The molecule has 6 heteroatoms. The van der Waals surface area contributed by atoms with Gasteiger partial charge >= 0.3 is 5.97 Å². The maximum absolute atomic E-state index is 11.7. The van der Waals surface area contributed by atoms with Crippen LogP contribution in [-0.2, 0) is 9.59 Å². The van der Waals surface area contributed by atoms with Gasteiger partial charge in [-0.3, -0.25) is 4.79 Å². The smallest absolute Gasteiger partial charge is 0.329 e. The lowest BCUT2D eigenvalue weighted by Crippen LogP contribution is -2.53. The minimum atomic E-state index is -1.22. The molecule has 19 heavy (non-hydrogen) atoms. The highest BCUT2D eigenvalue weighted by Gasteiger charge is 2.35. The van der Waals surface area contributed by atoms with E-state index in [4.69, 9.17) is 4.42 Å². The highest BCUT2D eigenvalue weighted by atomic mass is 79.9. The Bertz CT molecular complexity index is 489. The van der Waals surface area contributed by atoms with Crippen LogP contribution < -0.4 is 5.32 Å². The van der Waals surface area contributed by atoms with Crippen molar-refractivity contribution in [2.45, 2.75) is 32.2 Å². The van der Waals surface area contributed by atoms with Crippen molar-refractivity contribution in [3.05, 3.63) is 28.6 Å². The molecule has 0 unspecified atom stereocenters. The zero-order chi connectivity index (χ0) is 14.5. The second-order valence-corrected chi connectivity index (χ2v) is 4.84. The molecule has 0 fully saturated rings. The Balaban J connectivity index is 2.73. The Morgan fingerprint density at radius 2 is 2.05 bits per heavy atom. The van der Waals surface area contributed by atoms with Crippen molar-refractivity contribution in [2.24, 2.45) is 0 Å². The summed E-state index contributed by atoms with van der Waals surface area (Å²) >= 11 is 3.15. The van der Waals surface area contributed by atoms with Gasteiger partial charge in [0.15, 0.2) is 4.67 Å². The Kier molecular flexibility index (Phi) is 5.35. The van der Waals surface area contributed by atoms with Gasteiger partial charge in [-0.1, -0.05) is 13.8 Å². The molecule has 0 aliphatic carbocycles. The number of rotatable bonds is 6. The van der Waals surface area contributed by atoms with Crippen LogP contribution in [0.15, 0.2) is 27.3 Å². The zero-order valence-electron chi connectivity index (χ0n) is 10.8. The fourth-order valence-electron chi connectivity index (χ4n) is 1.64. The number of carbonyl (C=O) groups excluding carboxylic acids is 1. The second-order valence-electron chi connectivity index (χ2n) is 4.06. The van der Waals surface area contributed by atoms with Crippen LogP contribution in [0.1, 0.15) is 32.4 Å². The van der Waals surface area contributed by atoms with E-state index < -0.39 is 17.4 Å². The summed E-state index contributed by atoms with van der Waals surface area (Å²) in [6.07, 6.45) is 3.39. The molecule has 5 nitrogen and oxygen atoms in total. The minimum Gasteiger partial charge on any atom is -0.480 e. The van der Waals surface area contributed by atoms with E-state index in [-0.39, 0.29) is 0 Å². The van der Waals surface area contributed by atoms with Crippen molar-refractivity contribution in [1.82, 2.24) is 5.32 Å². The first-order chi connectivity index (χ1) is 8.93. The lowest BCUT2D eigenvalue weighted by Gasteiger charge is -2.27. The number of furan rings is 1. The summed E-state index contributed by atoms with van der Waals surface area (Å²) < 4.78 is 5.76. The maximum Gasteiger partial charge on any atom is 0.329 e. The molecule has 104 valence electrons. The lowest BCUT2D eigenvalue weighted by molar-refractivity contribution is -0.147. The molecule has 1 amide bonds. The molecule has 1 aromatic rings. The Morgan fingerprint density at radius 3 is 2.47 bits per heavy atom. The van der Waals surface area contributed by atoms with Crippen molar-refractivity contribution < 1.29 is 19.1 Å². The SMILES string of the molecule is CCC(CC)(NC(=O)C=Cc1ccc(Br)o1)C(=O)O. The summed E-state index contributed by atoms with van der Waals surface area (Å²) in [5.41, 5.74) is -1.22. The quantitative estimate of drug-likeness (QED) is 0.786. The van der Waals surface area contributed by atoms with Crippen LogP contribution in [0.25, 0.3) is 6.08 Å². The van der Waals surface area contributed by atoms with E-state index in [0.717, 1.165) is 0 Å². The van der Waals surface area contributed by atoms with Crippen LogP contribution in [0.2, 0.25) is 0 Å². The molecule has 0 atom stereocenters. The Labute approximate surface area is 119 Å². The van der Waals surface area contributed by atoms with E-state index in [1.165, 1.54) is 12.2 Å². The Morgan fingerprint density at radius 1 is 1.42 bits per heavy atom. The van der Waals surface area contributed by atoms with Crippen molar-refractivity contribution in [3.8, 4) is 0 Å². The van der Waals surface area contributed by atoms with E-state index in [1.54, 1.807) is 26.0 Å². The molecule has 0 aliphatic rings. The van der Waals surface area contributed by atoms with Gasteiger partial charge in [-0.15, -0.1) is 0 Å². The summed E-state index contributed by atoms with van der Waals surface area (Å²) in [4.78, 5) is 23.0. The Hall–Kier alpha value is -1.56. The number of hydrogen-bond acceptors (Lipinski definition) is 3. The monoisotopic (exact) mass is 329 g/mol. The van der Waals surface area contributed by atoms with Gasteiger partial charge in [0.05, 0.1) is 0 Å². The number of hydrogen-bond donors (Lipinski definition) is 2. The van der Waals surface area contributed by atoms with Crippen LogP contribution in [0.5, 0.6) is 0 Å². The van der Waals surface area contributed by atoms with Gasteiger partial charge in [0.1, 0.15) is 11.3 Å². The molecule has 0 bridgehead atoms. The van der Waals surface area contributed by atoms with Gasteiger partial charge in [-0.25, -0.2) is 4.79 Å². The van der Waals surface area contributed by atoms with E-state index in [2.05, 4.69) is 21.2 Å². The van der Waals surface area contributed by atoms with Gasteiger partial charge in [-0.2, -0.15) is 0 Å². The summed E-state index contributed by atoms with van der Waals surface area (Å²) in [6, 6.07) is 3.40. The first-order valence-electron chi connectivity index (χ1n) is 5.92. The van der Waals surface area contributed by atoms with Crippen LogP contribution >= 0.6 is 15.9 Å². The van der Waals surface area contributed by atoms with Crippen LogP contribution in [0, 0.1) is 0 Å². The summed E-state index contributed by atoms with van der Waals surface area (Å²) in [5, 5.41) is 11.7. The number of carboxylic acid groups (broad SMARTS) is 1. The molecule has 0 spiro atoms. The molecule has 1 rings (SSSR count). The average molecular weight is 330 g/mol. The molecule has 0 radical (unpaired) electrons. The third kappa shape index (κ3) is 3.96. The fourth-order valence-corrected chi connectivity index (χ4v) is 1.95. The number of amides is 1. The highest BCUT2D eigenvalue weighted by molar-refractivity contribution is 9.10. The van der Waals surface area contributed by atoms with Crippen molar-refractivity contribution in [2.75, 3.05) is 0 Å². The lowest BCUT2D eigenvalue weighted by atomic mass is 9.93. The largest absolute Gasteiger partial charge is 0.480 e. The predicted molar refractivity (Wildman–Crippen MR) is 74.5 cm³/mol. The molecular formula is C13H16BrNO4. The average Bonchev–Trinajstić information content (AvgIpc) is 2.79. The highest BCUT2D eigenvalue weighted by Crippen LogP contribution is 2.17. The van der Waals surface area contributed by atoms with Gasteiger partial charge < -0.3 is 14.8 Å². The second kappa shape index (κ2) is 6.56. The first-order valence-corrected chi connectivity index (χ1v) is 6.71. The van der Waals surface area contributed by atoms with Crippen LogP contribution in [-0.4, -0.2) is 22.5 Å². The van der Waals surface area contributed by atoms with Gasteiger partial charge in [0.25, 0.3) is 0 Å². The van der Waals surface area contributed by atoms with E-state index in [9.17, 15) is 14.7 Å². The predicted octanol–water partition coefficient (Wildman–Crippen LogP) is 2.81.